The standard InChI is InChI=1S/C17H29P/c1-15(2,3)12-10-13(16(4,5)6)18-14(11-12)17(7,8)9/h10-11H,1-9H3/p+1. The summed E-state index contributed by atoms with van der Waals surface area (Å²) in [7, 11) is 0.853. The molecule has 0 nitrogen and oxygen atoms in total. The van der Waals surface area contributed by atoms with Crippen molar-refractivity contribution in [2.75, 3.05) is 0 Å². The van der Waals surface area contributed by atoms with Crippen LogP contribution in [-0.2, 0) is 16.2 Å². The minimum Gasteiger partial charge on any atom is -0.0561 e. The first kappa shape index (κ1) is 15.7. The average Bonchev–Trinajstić information content (AvgIpc) is 2.13. The zero-order chi connectivity index (χ0) is 14.4. The van der Waals surface area contributed by atoms with Gasteiger partial charge in [-0.25, -0.2) is 0 Å². The third kappa shape index (κ3) is 3.82. The molecular formula is C17H30P+. The fraction of sp³-hybridized carbons (Fsp3) is 0.706. The molecule has 0 aliphatic carbocycles. The third-order valence-corrected chi connectivity index (χ3v) is 5.68. The van der Waals surface area contributed by atoms with Crippen molar-refractivity contribution in [3.05, 3.63) is 28.3 Å². The zero-order valence-corrected chi connectivity index (χ0v) is 14.7. The smallest absolute Gasteiger partial charge is 0.0561 e. The minimum atomic E-state index is 0.234. The lowest BCUT2D eigenvalue weighted by molar-refractivity contribution is 0.565. The van der Waals surface area contributed by atoms with Gasteiger partial charge in [-0.15, -0.1) is 0 Å². The second-order valence-corrected chi connectivity index (χ2v) is 9.77. The van der Waals surface area contributed by atoms with Crippen molar-refractivity contribution in [1.29, 1.82) is 0 Å². The Morgan fingerprint density at radius 2 is 0.944 bits per heavy atom. The van der Waals surface area contributed by atoms with E-state index < -0.39 is 0 Å². The molecule has 0 saturated carbocycles. The van der Waals surface area contributed by atoms with Crippen LogP contribution in [-0.4, -0.2) is 0 Å². The van der Waals surface area contributed by atoms with Gasteiger partial charge >= 0.3 is 0 Å². The van der Waals surface area contributed by atoms with Gasteiger partial charge in [0.15, 0.2) is 0 Å². The SMILES string of the molecule is CC(C)(C)c1cc(C(C)(C)C)[pH+]c(C(C)(C)C)c1. The first-order valence-corrected chi connectivity index (χ1v) is 7.90. The van der Waals surface area contributed by atoms with Crippen LogP contribution < -0.4 is 0 Å². The van der Waals surface area contributed by atoms with Crippen molar-refractivity contribution in [1.82, 2.24) is 0 Å². The molecule has 0 aliphatic heterocycles. The molecule has 1 aromatic heterocycles. The lowest BCUT2D eigenvalue weighted by Gasteiger charge is -2.24. The Morgan fingerprint density at radius 3 is 1.17 bits per heavy atom. The second kappa shape index (κ2) is 4.64. The maximum absolute atomic E-state index is 2.45. The molecule has 0 amide bonds. The highest BCUT2D eigenvalue weighted by molar-refractivity contribution is 7.32. The van der Waals surface area contributed by atoms with Gasteiger partial charge in [0.2, 0.25) is 0 Å². The van der Waals surface area contributed by atoms with E-state index in [1.165, 1.54) is 5.56 Å². The lowest BCUT2D eigenvalue weighted by atomic mass is 9.83. The predicted molar refractivity (Wildman–Crippen MR) is 86.5 cm³/mol. The summed E-state index contributed by atoms with van der Waals surface area (Å²) < 4.78 is 0. The van der Waals surface area contributed by atoms with E-state index in [4.69, 9.17) is 0 Å². The molecule has 0 atom stereocenters. The Hall–Kier alpha value is -0.350. The Bertz CT molecular complexity index is 343. The highest BCUT2D eigenvalue weighted by atomic mass is 31.0. The fourth-order valence-electron chi connectivity index (χ4n) is 1.81. The van der Waals surface area contributed by atoms with Crippen molar-refractivity contribution in [3.63, 3.8) is 0 Å². The summed E-state index contributed by atoms with van der Waals surface area (Å²) in [6, 6.07) is 4.90. The predicted octanol–water partition coefficient (Wildman–Crippen LogP) is 5.89. The molecule has 0 spiro atoms. The summed E-state index contributed by atoms with van der Waals surface area (Å²) in [6.07, 6.45) is 0. The topological polar surface area (TPSA) is 0 Å². The lowest BCUT2D eigenvalue weighted by Crippen LogP contribution is -2.18. The van der Waals surface area contributed by atoms with Gasteiger partial charge in [0, 0.05) is 10.8 Å². The molecular weight excluding hydrogens is 235 g/mol. The molecule has 0 aromatic carbocycles. The van der Waals surface area contributed by atoms with E-state index in [0.29, 0.717) is 0 Å². The summed E-state index contributed by atoms with van der Waals surface area (Å²) in [5.74, 6) is 0. The van der Waals surface area contributed by atoms with Gasteiger partial charge in [-0.3, -0.25) is 0 Å². The van der Waals surface area contributed by atoms with Crippen LogP contribution in [0.3, 0.4) is 0 Å². The quantitative estimate of drug-likeness (QED) is 0.548. The molecule has 18 heavy (non-hydrogen) atoms. The van der Waals surface area contributed by atoms with E-state index in [0.717, 1.165) is 8.19 Å². The highest BCUT2D eigenvalue weighted by Crippen LogP contribution is 2.40. The van der Waals surface area contributed by atoms with E-state index in [2.05, 4.69) is 74.4 Å². The molecule has 0 unspecified atom stereocenters. The molecule has 1 heteroatoms. The first-order chi connectivity index (χ1) is 7.82. The number of rotatable bonds is 0. The van der Waals surface area contributed by atoms with Gasteiger partial charge in [-0.05, 0) is 23.1 Å². The van der Waals surface area contributed by atoms with Gasteiger partial charge < -0.3 is 0 Å². The van der Waals surface area contributed by atoms with Crippen LogP contribution in [0.5, 0.6) is 0 Å². The Labute approximate surface area is 115 Å². The molecule has 0 aliphatic rings. The van der Waals surface area contributed by atoms with Crippen molar-refractivity contribution in [3.8, 4) is 0 Å². The Kier molecular flexibility index (Phi) is 4.05. The normalized spacial score (nSPS) is 13.8. The van der Waals surface area contributed by atoms with Crippen molar-refractivity contribution >= 4 is 8.19 Å². The maximum Gasteiger partial charge on any atom is 0.129 e. The molecule has 0 N–H and O–H groups in total. The van der Waals surface area contributed by atoms with Crippen LogP contribution in [0.15, 0.2) is 12.1 Å². The van der Waals surface area contributed by atoms with Crippen molar-refractivity contribution in [2.24, 2.45) is 0 Å². The summed E-state index contributed by atoms with van der Waals surface area (Å²) in [4.78, 5) is 0. The summed E-state index contributed by atoms with van der Waals surface area (Å²) in [6.45, 7) is 20.9. The third-order valence-electron chi connectivity index (χ3n) is 3.35. The van der Waals surface area contributed by atoms with Gasteiger partial charge in [0.05, 0.1) is 0 Å². The van der Waals surface area contributed by atoms with E-state index >= 15 is 0 Å². The van der Waals surface area contributed by atoms with Crippen molar-refractivity contribution < 1.29 is 0 Å². The van der Waals surface area contributed by atoms with E-state index in [-0.39, 0.29) is 16.2 Å². The van der Waals surface area contributed by atoms with Crippen LogP contribution >= 0.6 is 8.19 Å². The van der Waals surface area contributed by atoms with Crippen LogP contribution in [0.25, 0.3) is 0 Å². The molecule has 1 aromatic rings. The maximum atomic E-state index is 2.45. The number of hydrogen-bond acceptors (Lipinski definition) is 0. The van der Waals surface area contributed by atoms with Gasteiger partial charge in [0.1, 0.15) is 18.8 Å². The Morgan fingerprint density at radius 1 is 0.611 bits per heavy atom. The largest absolute Gasteiger partial charge is 0.129 e. The van der Waals surface area contributed by atoms with Crippen molar-refractivity contribution in [2.45, 2.75) is 78.6 Å². The van der Waals surface area contributed by atoms with E-state index in [1.807, 2.05) is 0 Å². The van der Waals surface area contributed by atoms with Gasteiger partial charge in [-0.1, -0.05) is 62.3 Å². The summed E-state index contributed by atoms with van der Waals surface area (Å²) >= 11 is 0. The Balaban J connectivity index is 3.49. The molecule has 1 rings (SSSR count). The van der Waals surface area contributed by atoms with Gasteiger partial charge in [-0.2, -0.15) is 0 Å². The van der Waals surface area contributed by atoms with Crippen LogP contribution in [0.2, 0.25) is 0 Å². The van der Waals surface area contributed by atoms with Crippen LogP contribution in [0.4, 0.5) is 0 Å². The molecule has 1 heterocycles. The summed E-state index contributed by atoms with van der Waals surface area (Å²) in [5.41, 5.74) is 2.27. The molecule has 0 radical (unpaired) electrons. The molecule has 102 valence electrons. The molecule has 0 fully saturated rings. The zero-order valence-electron chi connectivity index (χ0n) is 13.7. The van der Waals surface area contributed by atoms with E-state index in [1.54, 1.807) is 10.6 Å². The minimum absolute atomic E-state index is 0.234. The first-order valence-electron chi connectivity index (χ1n) is 6.90. The monoisotopic (exact) mass is 265 g/mol. The van der Waals surface area contributed by atoms with Gasteiger partial charge in [0.25, 0.3) is 0 Å². The van der Waals surface area contributed by atoms with Crippen LogP contribution in [0.1, 0.15) is 78.5 Å². The molecule has 0 saturated heterocycles. The van der Waals surface area contributed by atoms with Crippen LogP contribution in [0, 0.1) is 0 Å². The molecule has 0 bridgehead atoms. The fourth-order valence-corrected chi connectivity index (χ4v) is 3.31. The average molecular weight is 265 g/mol. The second-order valence-electron chi connectivity index (χ2n) is 8.45. The van der Waals surface area contributed by atoms with E-state index in [9.17, 15) is 0 Å². The number of hydrogen-bond donors (Lipinski definition) is 0. The summed E-state index contributed by atoms with van der Waals surface area (Å²) in [5, 5.41) is 3.19. The highest BCUT2D eigenvalue weighted by Gasteiger charge is 2.30.